The van der Waals surface area contributed by atoms with E-state index >= 15 is 0 Å². The summed E-state index contributed by atoms with van der Waals surface area (Å²) < 4.78 is 9.22. The third-order valence-electron chi connectivity index (χ3n) is 1.25. The summed E-state index contributed by atoms with van der Waals surface area (Å²) in [7, 11) is 1.33. The maximum absolute atomic E-state index is 10.9. The average Bonchev–Trinajstić information content (AvgIpc) is 2.16. The van der Waals surface area contributed by atoms with Crippen molar-refractivity contribution < 1.29 is 19.1 Å². The van der Waals surface area contributed by atoms with Gasteiger partial charge >= 0.3 is 11.9 Å². The van der Waals surface area contributed by atoms with Gasteiger partial charge in [-0.15, -0.1) is 11.8 Å². The molecular formula is C8H13BrO4S. The second kappa shape index (κ2) is 8.11. The summed E-state index contributed by atoms with van der Waals surface area (Å²) in [5.41, 5.74) is 0. The van der Waals surface area contributed by atoms with Gasteiger partial charge in [0.1, 0.15) is 4.83 Å². The minimum atomic E-state index is -0.369. The van der Waals surface area contributed by atoms with Crippen LogP contribution in [0.2, 0.25) is 0 Å². The standard InChI is InChI=1S/C8H13BrO4S/c1-3-13-7(10)5-14-4-6(9)8(11)12-2/h6H,3-5H2,1-2H3. The molecule has 4 nitrogen and oxygen atoms in total. The zero-order valence-electron chi connectivity index (χ0n) is 8.12. The van der Waals surface area contributed by atoms with Crippen LogP contribution in [0.25, 0.3) is 0 Å². The Morgan fingerprint density at radius 2 is 2.14 bits per heavy atom. The number of thioether (sulfide) groups is 1. The normalized spacial score (nSPS) is 11.9. The summed E-state index contributed by atoms with van der Waals surface area (Å²) in [6.07, 6.45) is 0. The summed E-state index contributed by atoms with van der Waals surface area (Å²) in [5.74, 6) is 0.154. The summed E-state index contributed by atoms with van der Waals surface area (Å²) in [6.45, 7) is 2.14. The predicted octanol–water partition coefficient (Wildman–Crippen LogP) is 1.22. The molecule has 0 rings (SSSR count). The number of ether oxygens (including phenoxy) is 2. The molecule has 0 aromatic carbocycles. The average molecular weight is 285 g/mol. The number of alkyl halides is 1. The molecule has 0 aromatic heterocycles. The van der Waals surface area contributed by atoms with Crippen molar-refractivity contribution in [1.82, 2.24) is 0 Å². The van der Waals surface area contributed by atoms with E-state index in [0.29, 0.717) is 12.4 Å². The van der Waals surface area contributed by atoms with Crippen molar-refractivity contribution in [1.29, 1.82) is 0 Å². The fourth-order valence-electron chi connectivity index (χ4n) is 0.644. The molecule has 0 saturated heterocycles. The lowest BCUT2D eigenvalue weighted by Crippen LogP contribution is -2.19. The number of carbonyl (C=O) groups excluding carboxylic acids is 2. The summed E-state index contributed by atoms with van der Waals surface area (Å²) in [5, 5.41) is 0. The zero-order chi connectivity index (χ0) is 11.0. The maximum Gasteiger partial charge on any atom is 0.320 e. The molecular weight excluding hydrogens is 272 g/mol. The zero-order valence-corrected chi connectivity index (χ0v) is 10.5. The Morgan fingerprint density at radius 1 is 1.50 bits per heavy atom. The van der Waals surface area contributed by atoms with Gasteiger partial charge in [-0.1, -0.05) is 15.9 Å². The van der Waals surface area contributed by atoms with Crippen molar-refractivity contribution in [2.45, 2.75) is 11.8 Å². The molecule has 0 aliphatic carbocycles. The van der Waals surface area contributed by atoms with Gasteiger partial charge in [0.15, 0.2) is 0 Å². The first-order chi connectivity index (χ1) is 6.61. The molecule has 0 aliphatic heterocycles. The third-order valence-corrected chi connectivity index (χ3v) is 3.38. The topological polar surface area (TPSA) is 52.6 Å². The number of methoxy groups -OCH3 is 1. The highest BCUT2D eigenvalue weighted by molar-refractivity contribution is 9.10. The van der Waals surface area contributed by atoms with E-state index in [2.05, 4.69) is 20.7 Å². The van der Waals surface area contributed by atoms with Crippen LogP contribution in [0.15, 0.2) is 0 Å². The number of halogens is 1. The molecule has 0 aliphatic rings. The molecule has 1 unspecified atom stereocenters. The monoisotopic (exact) mass is 284 g/mol. The Balaban J connectivity index is 3.53. The van der Waals surface area contributed by atoms with Crippen LogP contribution >= 0.6 is 27.7 Å². The van der Waals surface area contributed by atoms with Crippen molar-refractivity contribution in [3.05, 3.63) is 0 Å². The molecule has 0 heterocycles. The Labute approximate surface area is 95.8 Å². The van der Waals surface area contributed by atoms with E-state index in [0.717, 1.165) is 0 Å². The summed E-state index contributed by atoms with van der Waals surface area (Å²) in [6, 6.07) is 0. The van der Waals surface area contributed by atoms with E-state index in [1.165, 1.54) is 18.9 Å². The fourth-order valence-corrected chi connectivity index (χ4v) is 2.10. The molecule has 0 saturated carbocycles. The molecule has 0 amide bonds. The minimum Gasteiger partial charge on any atom is -0.468 e. The van der Waals surface area contributed by atoms with Gasteiger partial charge in [-0.3, -0.25) is 9.59 Å². The molecule has 0 radical (unpaired) electrons. The Hall–Kier alpha value is -0.230. The lowest BCUT2D eigenvalue weighted by atomic mass is 10.5. The Kier molecular flexibility index (Phi) is 7.98. The number of rotatable bonds is 6. The lowest BCUT2D eigenvalue weighted by molar-refractivity contribution is -0.140. The predicted molar refractivity (Wildman–Crippen MR) is 58.7 cm³/mol. The van der Waals surface area contributed by atoms with Gasteiger partial charge in [0, 0.05) is 5.75 Å². The number of esters is 2. The molecule has 0 fully saturated rings. The Morgan fingerprint density at radius 3 is 2.64 bits per heavy atom. The van der Waals surface area contributed by atoms with Crippen LogP contribution in [0.1, 0.15) is 6.92 Å². The number of hydrogen-bond donors (Lipinski definition) is 0. The van der Waals surface area contributed by atoms with E-state index in [1.807, 2.05) is 0 Å². The van der Waals surface area contributed by atoms with Gasteiger partial charge < -0.3 is 9.47 Å². The lowest BCUT2D eigenvalue weighted by Gasteiger charge is -2.06. The van der Waals surface area contributed by atoms with Crippen molar-refractivity contribution >= 4 is 39.6 Å². The van der Waals surface area contributed by atoms with Crippen LogP contribution in [-0.2, 0) is 19.1 Å². The molecule has 14 heavy (non-hydrogen) atoms. The highest BCUT2D eigenvalue weighted by Crippen LogP contribution is 2.11. The first kappa shape index (κ1) is 13.8. The molecule has 0 aromatic rings. The quantitative estimate of drug-likeness (QED) is 0.542. The number of hydrogen-bond acceptors (Lipinski definition) is 5. The minimum absolute atomic E-state index is 0.257. The van der Waals surface area contributed by atoms with Crippen molar-refractivity contribution in [3.63, 3.8) is 0 Å². The first-order valence-corrected chi connectivity index (χ1v) is 6.14. The van der Waals surface area contributed by atoms with E-state index in [-0.39, 0.29) is 22.5 Å². The SMILES string of the molecule is CCOC(=O)CSCC(Br)C(=O)OC. The highest BCUT2D eigenvalue weighted by atomic mass is 79.9. The van der Waals surface area contributed by atoms with Gasteiger partial charge in [-0.05, 0) is 6.92 Å². The maximum atomic E-state index is 10.9. The van der Waals surface area contributed by atoms with E-state index in [9.17, 15) is 9.59 Å². The van der Waals surface area contributed by atoms with Gasteiger partial charge in [0.25, 0.3) is 0 Å². The van der Waals surface area contributed by atoms with Crippen LogP contribution in [0.3, 0.4) is 0 Å². The summed E-state index contributed by atoms with van der Waals surface area (Å²) >= 11 is 4.48. The molecule has 6 heteroatoms. The highest BCUT2D eigenvalue weighted by Gasteiger charge is 2.15. The Bertz CT molecular complexity index is 198. The van der Waals surface area contributed by atoms with Gasteiger partial charge in [0.05, 0.1) is 19.5 Å². The molecule has 0 bridgehead atoms. The molecule has 1 atom stereocenters. The van der Waals surface area contributed by atoms with E-state index < -0.39 is 0 Å². The molecule has 82 valence electrons. The fraction of sp³-hybridized carbons (Fsp3) is 0.750. The first-order valence-electron chi connectivity index (χ1n) is 4.07. The van der Waals surface area contributed by atoms with Gasteiger partial charge in [0.2, 0.25) is 0 Å². The third kappa shape index (κ3) is 6.26. The summed E-state index contributed by atoms with van der Waals surface area (Å²) in [4.78, 5) is 21.4. The van der Waals surface area contributed by atoms with Crippen molar-refractivity contribution in [2.75, 3.05) is 25.2 Å². The van der Waals surface area contributed by atoms with Crippen LogP contribution in [0.4, 0.5) is 0 Å². The van der Waals surface area contributed by atoms with Crippen LogP contribution in [0.5, 0.6) is 0 Å². The second-order valence-corrected chi connectivity index (χ2v) is 4.45. The van der Waals surface area contributed by atoms with E-state index in [4.69, 9.17) is 4.74 Å². The van der Waals surface area contributed by atoms with Crippen LogP contribution in [-0.4, -0.2) is 42.0 Å². The van der Waals surface area contributed by atoms with Crippen molar-refractivity contribution in [3.8, 4) is 0 Å². The second-order valence-electron chi connectivity index (χ2n) is 2.31. The number of carbonyl (C=O) groups is 2. The molecule has 0 spiro atoms. The van der Waals surface area contributed by atoms with Crippen LogP contribution in [0, 0.1) is 0 Å². The van der Waals surface area contributed by atoms with Crippen molar-refractivity contribution in [2.24, 2.45) is 0 Å². The van der Waals surface area contributed by atoms with E-state index in [1.54, 1.807) is 6.92 Å². The largest absolute Gasteiger partial charge is 0.468 e. The smallest absolute Gasteiger partial charge is 0.320 e. The van der Waals surface area contributed by atoms with Gasteiger partial charge in [-0.25, -0.2) is 0 Å². The van der Waals surface area contributed by atoms with Gasteiger partial charge in [-0.2, -0.15) is 0 Å². The van der Waals surface area contributed by atoms with Crippen LogP contribution < -0.4 is 0 Å². The molecule has 0 N–H and O–H groups in total.